The van der Waals surface area contributed by atoms with E-state index in [-0.39, 0.29) is 30.2 Å². The lowest BCUT2D eigenvalue weighted by atomic mass is 9.62. The summed E-state index contributed by atoms with van der Waals surface area (Å²) in [6.45, 7) is 6.10. The van der Waals surface area contributed by atoms with Crippen molar-refractivity contribution in [1.82, 2.24) is 15.5 Å². The van der Waals surface area contributed by atoms with Gasteiger partial charge in [-0.25, -0.2) is 0 Å². The minimum atomic E-state index is -1.11. The molecule has 180 valence electrons. The first-order chi connectivity index (χ1) is 15.8. The molecular formula is C25H35N3O5. The van der Waals surface area contributed by atoms with Gasteiger partial charge in [-0.2, -0.15) is 0 Å². The summed E-state index contributed by atoms with van der Waals surface area (Å²) in [5.41, 5.74) is -1.21. The molecule has 0 aromatic heterocycles. The molecule has 4 rings (SSSR count). The number of unbranched alkanes of at least 4 members (excludes halogenated alkanes) is 1. The first-order valence-electron chi connectivity index (χ1n) is 11.9. The van der Waals surface area contributed by atoms with E-state index in [1.165, 1.54) is 4.90 Å². The molecule has 3 saturated heterocycles. The van der Waals surface area contributed by atoms with Gasteiger partial charge in [-0.05, 0) is 31.2 Å². The average Bonchev–Trinajstić information content (AvgIpc) is 3.32. The molecular weight excluding hydrogens is 422 g/mol. The van der Waals surface area contributed by atoms with Crippen LogP contribution >= 0.6 is 0 Å². The number of carbonyl (C=O) groups excluding carboxylic acids is 3. The Morgan fingerprint density at radius 1 is 1.27 bits per heavy atom. The van der Waals surface area contributed by atoms with E-state index in [0.29, 0.717) is 13.0 Å². The molecule has 3 amide bonds. The van der Waals surface area contributed by atoms with Crippen molar-refractivity contribution >= 4 is 17.7 Å². The van der Waals surface area contributed by atoms with Crippen LogP contribution in [0, 0.1) is 17.8 Å². The zero-order valence-corrected chi connectivity index (χ0v) is 19.8. The van der Waals surface area contributed by atoms with Crippen LogP contribution in [0.4, 0.5) is 0 Å². The smallest absolute Gasteiger partial charge is 0.245 e. The van der Waals surface area contributed by atoms with E-state index in [9.17, 15) is 19.5 Å². The number of nitrogens with zero attached hydrogens (tertiary/aromatic N) is 1. The molecule has 0 saturated carbocycles. The summed E-state index contributed by atoms with van der Waals surface area (Å²) in [5, 5.41) is 16.1. The van der Waals surface area contributed by atoms with Crippen LogP contribution in [-0.2, 0) is 19.1 Å². The standard InChI is InChI=1S/C25H35N3O5/c1-5-6-12-27-22(31)20-25-13-15(2)24(3,33-25)18(21(30)26-4)19(25)23(32)28(20)17(14-29)16-10-8-7-9-11-16/h7-11,15,17-20,29H,5-6,12-14H2,1-4H3,(H,26,30)(H,27,31)/t15?,17-,18-,19+,20?,24+,25?/m1/s1. The summed E-state index contributed by atoms with van der Waals surface area (Å²) in [7, 11) is 1.56. The molecule has 3 N–H and O–H groups in total. The van der Waals surface area contributed by atoms with E-state index in [0.717, 1.165) is 18.4 Å². The molecule has 0 radical (unpaired) electrons. The van der Waals surface area contributed by atoms with Gasteiger partial charge < -0.3 is 25.4 Å². The Balaban J connectivity index is 1.83. The number of carbonyl (C=O) groups is 3. The first-order valence-corrected chi connectivity index (χ1v) is 11.9. The maximum Gasteiger partial charge on any atom is 0.245 e. The van der Waals surface area contributed by atoms with Crippen molar-refractivity contribution in [3.63, 3.8) is 0 Å². The zero-order chi connectivity index (χ0) is 24.0. The third kappa shape index (κ3) is 3.37. The molecule has 8 nitrogen and oxygen atoms in total. The molecule has 8 heteroatoms. The van der Waals surface area contributed by atoms with Crippen molar-refractivity contribution in [3.05, 3.63) is 35.9 Å². The van der Waals surface area contributed by atoms with Crippen LogP contribution in [0.5, 0.6) is 0 Å². The number of likely N-dealkylation sites (tertiary alicyclic amines) is 1. The predicted octanol–water partition coefficient (Wildman–Crippen LogP) is 1.39. The zero-order valence-electron chi connectivity index (χ0n) is 19.8. The maximum absolute atomic E-state index is 14.0. The molecule has 1 spiro atoms. The average molecular weight is 458 g/mol. The van der Waals surface area contributed by atoms with Crippen LogP contribution in [0.15, 0.2) is 30.3 Å². The number of hydrogen-bond acceptors (Lipinski definition) is 5. The van der Waals surface area contributed by atoms with E-state index in [1.807, 2.05) is 51.1 Å². The second-order valence-corrected chi connectivity index (χ2v) is 9.82. The number of ether oxygens (including phenoxy) is 1. The highest BCUT2D eigenvalue weighted by atomic mass is 16.5. The molecule has 33 heavy (non-hydrogen) atoms. The number of fused-ring (bicyclic) bond motifs is 1. The number of rotatable bonds is 8. The fraction of sp³-hybridized carbons (Fsp3) is 0.640. The monoisotopic (exact) mass is 457 g/mol. The van der Waals surface area contributed by atoms with E-state index in [4.69, 9.17) is 4.74 Å². The van der Waals surface area contributed by atoms with Crippen molar-refractivity contribution in [1.29, 1.82) is 0 Å². The molecule has 3 aliphatic heterocycles. The second-order valence-electron chi connectivity index (χ2n) is 9.82. The van der Waals surface area contributed by atoms with Crippen LogP contribution in [0.25, 0.3) is 0 Å². The van der Waals surface area contributed by atoms with Crippen LogP contribution in [0.1, 0.15) is 51.6 Å². The van der Waals surface area contributed by atoms with Gasteiger partial charge in [0, 0.05) is 13.6 Å². The summed E-state index contributed by atoms with van der Waals surface area (Å²) in [6, 6.07) is 7.58. The fourth-order valence-electron chi connectivity index (χ4n) is 6.38. The van der Waals surface area contributed by atoms with Crippen LogP contribution in [-0.4, -0.2) is 65.2 Å². The highest BCUT2D eigenvalue weighted by molar-refractivity contribution is 5.99. The molecule has 1 aromatic carbocycles. The van der Waals surface area contributed by atoms with Crippen molar-refractivity contribution in [2.75, 3.05) is 20.2 Å². The van der Waals surface area contributed by atoms with Gasteiger partial charge in [0.2, 0.25) is 17.7 Å². The molecule has 3 fully saturated rings. The fourth-order valence-corrected chi connectivity index (χ4v) is 6.38. The number of aliphatic hydroxyl groups excluding tert-OH is 1. The lowest BCUT2D eigenvalue weighted by Crippen LogP contribution is -2.56. The minimum absolute atomic E-state index is 0.0148. The minimum Gasteiger partial charge on any atom is -0.394 e. The first kappa shape index (κ1) is 23.7. The molecule has 0 aliphatic carbocycles. The van der Waals surface area contributed by atoms with E-state index in [2.05, 4.69) is 10.6 Å². The van der Waals surface area contributed by atoms with Crippen molar-refractivity contribution in [2.45, 2.75) is 63.3 Å². The third-order valence-electron chi connectivity index (χ3n) is 8.05. The molecule has 2 bridgehead atoms. The SMILES string of the molecule is CCCCNC(=O)C1N([C@H](CO)c2ccccc2)C(=O)[C@@H]2[C@H](C(=O)NC)[C@@]3(C)OC12CC3C. The topological polar surface area (TPSA) is 108 Å². The second kappa shape index (κ2) is 8.72. The van der Waals surface area contributed by atoms with E-state index in [1.54, 1.807) is 7.05 Å². The van der Waals surface area contributed by atoms with Gasteiger partial charge in [0.05, 0.1) is 30.1 Å². The number of hydrogen-bond donors (Lipinski definition) is 3. The third-order valence-corrected chi connectivity index (χ3v) is 8.05. The van der Waals surface area contributed by atoms with Gasteiger partial charge >= 0.3 is 0 Å². The van der Waals surface area contributed by atoms with E-state index < -0.39 is 35.1 Å². The number of nitrogens with one attached hydrogen (secondary N) is 2. The van der Waals surface area contributed by atoms with Crippen molar-refractivity contribution in [3.8, 4) is 0 Å². The van der Waals surface area contributed by atoms with Gasteiger partial charge in [-0.1, -0.05) is 50.6 Å². The Bertz CT molecular complexity index is 924. The Kier molecular flexibility index (Phi) is 6.26. The highest BCUT2D eigenvalue weighted by Crippen LogP contribution is 2.65. The number of amides is 3. The lowest BCUT2D eigenvalue weighted by Gasteiger charge is -2.37. The van der Waals surface area contributed by atoms with Crippen LogP contribution in [0.2, 0.25) is 0 Å². The molecule has 3 aliphatic rings. The van der Waals surface area contributed by atoms with Gasteiger partial charge in [0.1, 0.15) is 11.6 Å². The molecule has 7 atom stereocenters. The van der Waals surface area contributed by atoms with Crippen LogP contribution in [0.3, 0.4) is 0 Å². The summed E-state index contributed by atoms with van der Waals surface area (Å²) < 4.78 is 6.62. The summed E-state index contributed by atoms with van der Waals surface area (Å²) in [6.07, 6.45) is 2.25. The summed E-state index contributed by atoms with van der Waals surface area (Å²) >= 11 is 0. The summed E-state index contributed by atoms with van der Waals surface area (Å²) in [5.74, 6) is -2.35. The number of aliphatic hydroxyl groups is 1. The Morgan fingerprint density at radius 2 is 1.97 bits per heavy atom. The van der Waals surface area contributed by atoms with Gasteiger partial charge in [0.25, 0.3) is 0 Å². The highest BCUT2D eigenvalue weighted by Gasteiger charge is 2.80. The largest absolute Gasteiger partial charge is 0.394 e. The Morgan fingerprint density at radius 3 is 2.58 bits per heavy atom. The van der Waals surface area contributed by atoms with Gasteiger partial charge in [-0.3, -0.25) is 14.4 Å². The maximum atomic E-state index is 14.0. The quantitative estimate of drug-likeness (QED) is 0.512. The predicted molar refractivity (Wildman–Crippen MR) is 122 cm³/mol. The van der Waals surface area contributed by atoms with Crippen molar-refractivity contribution < 1.29 is 24.2 Å². The summed E-state index contributed by atoms with van der Waals surface area (Å²) in [4.78, 5) is 42.2. The molecule has 3 unspecified atom stereocenters. The molecule has 1 aromatic rings. The Hall–Kier alpha value is -2.45. The Labute approximate surface area is 195 Å². The van der Waals surface area contributed by atoms with Crippen molar-refractivity contribution in [2.24, 2.45) is 17.8 Å². The normalized spacial score (nSPS) is 35.4. The van der Waals surface area contributed by atoms with Crippen LogP contribution < -0.4 is 10.6 Å². The lowest BCUT2D eigenvalue weighted by molar-refractivity contribution is -0.151. The number of benzene rings is 1. The molecule has 3 heterocycles. The van der Waals surface area contributed by atoms with E-state index >= 15 is 0 Å². The van der Waals surface area contributed by atoms with Gasteiger partial charge in [-0.15, -0.1) is 0 Å². The van der Waals surface area contributed by atoms with Gasteiger partial charge in [0.15, 0.2) is 0 Å².